The number of fused-ring (bicyclic) bond motifs is 7. The van der Waals surface area contributed by atoms with E-state index in [1.807, 2.05) is 22.7 Å². The summed E-state index contributed by atoms with van der Waals surface area (Å²) in [6.07, 6.45) is 0. The number of benzene rings is 8. The van der Waals surface area contributed by atoms with Crippen molar-refractivity contribution in [3.8, 4) is 22.3 Å². The largest absolute Gasteiger partial charge is 0.308 e. The molecule has 0 atom stereocenters. The molecule has 0 bridgehead atoms. The summed E-state index contributed by atoms with van der Waals surface area (Å²) < 4.78 is 5.25. The van der Waals surface area contributed by atoms with Gasteiger partial charge in [0.25, 0.3) is 0 Å². The Balaban J connectivity index is 1.20. The van der Waals surface area contributed by atoms with Gasteiger partial charge in [0, 0.05) is 52.6 Å². The molecule has 0 aliphatic rings. The van der Waals surface area contributed by atoms with Crippen molar-refractivity contribution in [3.63, 3.8) is 0 Å². The molecule has 0 N–H and O–H groups in total. The number of anilines is 3. The predicted molar refractivity (Wildman–Crippen MR) is 215 cm³/mol. The van der Waals surface area contributed by atoms with Gasteiger partial charge in [-0.25, -0.2) is 0 Å². The Morgan fingerprint density at radius 3 is 1.80 bits per heavy atom. The molecular formula is C46H29NS2. The molecule has 0 amide bonds. The molecule has 0 unspecified atom stereocenters. The van der Waals surface area contributed by atoms with Gasteiger partial charge in [-0.15, -0.1) is 22.7 Å². The van der Waals surface area contributed by atoms with Crippen LogP contribution in [0.25, 0.3) is 73.4 Å². The minimum atomic E-state index is 1.13. The van der Waals surface area contributed by atoms with Gasteiger partial charge >= 0.3 is 0 Å². The van der Waals surface area contributed by atoms with Gasteiger partial charge in [0.05, 0.1) is 10.4 Å². The van der Waals surface area contributed by atoms with Gasteiger partial charge in [0.2, 0.25) is 0 Å². The monoisotopic (exact) mass is 659 g/mol. The van der Waals surface area contributed by atoms with E-state index in [2.05, 4.69) is 181 Å². The smallest absolute Gasteiger partial charge is 0.0718 e. The van der Waals surface area contributed by atoms with Crippen molar-refractivity contribution < 1.29 is 0 Å². The van der Waals surface area contributed by atoms with Crippen LogP contribution in [0.1, 0.15) is 0 Å². The van der Waals surface area contributed by atoms with Crippen molar-refractivity contribution in [2.75, 3.05) is 4.90 Å². The maximum atomic E-state index is 2.48. The maximum absolute atomic E-state index is 2.48. The Morgan fingerprint density at radius 2 is 0.980 bits per heavy atom. The van der Waals surface area contributed by atoms with Crippen molar-refractivity contribution in [2.45, 2.75) is 0 Å². The molecule has 0 spiro atoms. The van der Waals surface area contributed by atoms with E-state index >= 15 is 0 Å². The van der Waals surface area contributed by atoms with E-state index in [0.717, 1.165) is 11.4 Å². The average molecular weight is 660 g/mol. The van der Waals surface area contributed by atoms with Crippen LogP contribution >= 0.6 is 22.7 Å². The van der Waals surface area contributed by atoms with E-state index in [9.17, 15) is 0 Å². The quantitative estimate of drug-likeness (QED) is 0.178. The highest BCUT2D eigenvalue weighted by atomic mass is 32.1. The van der Waals surface area contributed by atoms with E-state index in [0.29, 0.717) is 0 Å². The van der Waals surface area contributed by atoms with Crippen LogP contribution in [0, 0.1) is 0 Å². The van der Waals surface area contributed by atoms with E-state index in [1.54, 1.807) is 0 Å². The van der Waals surface area contributed by atoms with Crippen molar-refractivity contribution in [1.82, 2.24) is 0 Å². The molecule has 10 aromatic rings. The summed E-state index contributed by atoms with van der Waals surface area (Å²) in [6.45, 7) is 0. The summed E-state index contributed by atoms with van der Waals surface area (Å²) in [5, 5.41) is 7.70. The molecule has 0 radical (unpaired) electrons. The number of nitrogens with zero attached hydrogens (tertiary/aromatic N) is 1. The summed E-state index contributed by atoms with van der Waals surface area (Å²) in [6, 6.07) is 64.5. The lowest BCUT2D eigenvalue weighted by molar-refractivity contribution is 1.31. The predicted octanol–water partition coefficient (Wildman–Crippen LogP) is 14.4. The first-order chi connectivity index (χ1) is 24.3. The molecule has 230 valence electrons. The molecule has 2 aromatic heterocycles. The number of hydrogen-bond donors (Lipinski definition) is 0. The van der Waals surface area contributed by atoms with E-state index in [4.69, 9.17) is 0 Å². The highest BCUT2D eigenvalue weighted by molar-refractivity contribution is 7.26. The molecule has 0 aliphatic carbocycles. The van der Waals surface area contributed by atoms with Gasteiger partial charge in [-0.2, -0.15) is 0 Å². The first-order valence-electron chi connectivity index (χ1n) is 16.6. The third kappa shape index (κ3) is 4.74. The van der Waals surface area contributed by atoms with E-state index in [1.165, 1.54) is 79.1 Å². The van der Waals surface area contributed by atoms with Crippen LogP contribution in [0.2, 0.25) is 0 Å². The van der Waals surface area contributed by atoms with Crippen LogP contribution in [0.5, 0.6) is 0 Å². The van der Waals surface area contributed by atoms with E-state index in [-0.39, 0.29) is 0 Å². The highest BCUT2D eigenvalue weighted by Gasteiger charge is 2.23. The minimum Gasteiger partial charge on any atom is -0.308 e. The second kappa shape index (κ2) is 11.5. The molecule has 0 aliphatic heterocycles. The lowest BCUT2D eigenvalue weighted by Gasteiger charge is -2.29. The standard InChI is InChI=1S/C46H29NS2/c1-2-11-32(12-3-1)37-25-26-40-38-14-6-9-17-43(38)49-46(40)45(37)47(36-24-20-30-10-4-5-13-33(30)28-36)35-22-18-31(19-23-35)34-21-27-44-41(29-34)39-15-7-8-16-42(39)48-44/h1-29H. The van der Waals surface area contributed by atoms with Crippen molar-refractivity contribution in [3.05, 3.63) is 176 Å². The molecule has 8 aromatic carbocycles. The molecule has 0 saturated carbocycles. The van der Waals surface area contributed by atoms with Gasteiger partial charge in [0.1, 0.15) is 0 Å². The van der Waals surface area contributed by atoms with E-state index < -0.39 is 0 Å². The third-order valence-electron chi connectivity index (χ3n) is 9.66. The zero-order chi connectivity index (χ0) is 32.3. The van der Waals surface area contributed by atoms with Crippen LogP contribution in [0.4, 0.5) is 17.1 Å². The highest BCUT2D eigenvalue weighted by Crippen LogP contribution is 2.50. The lowest BCUT2D eigenvalue weighted by atomic mass is 9.98. The zero-order valence-electron chi connectivity index (χ0n) is 26.5. The summed E-state index contributed by atoms with van der Waals surface area (Å²) in [5.41, 5.74) is 8.34. The summed E-state index contributed by atoms with van der Waals surface area (Å²) >= 11 is 3.74. The van der Waals surface area contributed by atoms with Crippen LogP contribution in [0.3, 0.4) is 0 Å². The number of hydrogen-bond acceptors (Lipinski definition) is 3. The first kappa shape index (κ1) is 28.3. The van der Waals surface area contributed by atoms with Gasteiger partial charge < -0.3 is 4.90 Å². The molecule has 2 heterocycles. The molecule has 3 heteroatoms. The van der Waals surface area contributed by atoms with Gasteiger partial charge in [-0.3, -0.25) is 0 Å². The second-order valence-corrected chi connectivity index (χ2v) is 14.7. The van der Waals surface area contributed by atoms with Gasteiger partial charge in [-0.05, 0) is 76.0 Å². The van der Waals surface area contributed by atoms with Crippen molar-refractivity contribution >= 4 is 90.9 Å². The molecule has 0 saturated heterocycles. The number of rotatable bonds is 5. The van der Waals surface area contributed by atoms with Crippen LogP contribution in [-0.4, -0.2) is 0 Å². The van der Waals surface area contributed by atoms with Gasteiger partial charge in [-0.1, -0.05) is 127 Å². The van der Waals surface area contributed by atoms with Crippen LogP contribution in [0.15, 0.2) is 176 Å². The molecule has 49 heavy (non-hydrogen) atoms. The second-order valence-electron chi connectivity index (χ2n) is 12.5. The molecule has 0 fully saturated rings. The normalized spacial score (nSPS) is 11.7. The lowest BCUT2D eigenvalue weighted by Crippen LogP contribution is -2.11. The van der Waals surface area contributed by atoms with Crippen molar-refractivity contribution in [2.24, 2.45) is 0 Å². The van der Waals surface area contributed by atoms with Crippen molar-refractivity contribution in [1.29, 1.82) is 0 Å². The zero-order valence-corrected chi connectivity index (χ0v) is 28.1. The Bertz CT molecular complexity index is 2830. The fourth-order valence-electron chi connectivity index (χ4n) is 7.28. The number of thiophene rings is 2. The fraction of sp³-hybridized carbons (Fsp3) is 0. The van der Waals surface area contributed by atoms with Crippen LogP contribution < -0.4 is 4.90 Å². The Kier molecular flexibility index (Phi) is 6.61. The first-order valence-corrected chi connectivity index (χ1v) is 18.2. The average Bonchev–Trinajstić information content (AvgIpc) is 3.74. The fourth-order valence-corrected chi connectivity index (χ4v) is 9.61. The Morgan fingerprint density at radius 1 is 0.347 bits per heavy atom. The topological polar surface area (TPSA) is 3.24 Å². The van der Waals surface area contributed by atoms with Crippen LogP contribution in [-0.2, 0) is 0 Å². The Labute approximate surface area is 292 Å². The summed E-state index contributed by atoms with van der Waals surface area (Å²) in [4.78, 5) is 2.48. The third-order valence-corrected chi connectivity index (χ3v) is 12.0. The minimum absolute atomic E-state index is 1.13. The Hall–Kier alpha value is -5.74. The molecule has 10 rings (SSSR count). The van der Waals surface area contributed by atoms with Gasteiger partial charge in [0.15, 0.2) is 0 Å². The maximum Gasteiger partial charge on any atom is 0.0718 e. The summed E-state index contributed by atoms with van der Waals surface area (Å²) in [7, 11) is 0. The molecule has 1 nitrogen and oxygen atoms in total. The summed E-state index contributed by atoms with van der Waals surface area (Å²) in [5.74, 6) is 0. The molecular weight excluding hydrogens is 631 g/mol. The SMILES string of the molecule is c1ccc(-c2ccc3c(sc4ccccc43)c2N(c2ccc(-c3ccc4sc5ccccc5c4c3)cc2)c2ccc3ccccc3c2)cc1.